The molecule has 1 unspecified atom stereocenters. The molecule has 3 atom stereocenters. The largest absolute Gasteiger partial charge is 0.379 e. The Morgan fingerprint density at radius 3 is 3.20 bits per heavy atom. The third-order valence-corrected chi connectivity index (χ3v) is 6.37. The molecule has 0 aliphatic carbocycles. The van der Waals surface area contributed by atoms with Gasteiger partial charge in [0.15, 0.2) is 10.9 Å². The highest BCUT2D eigenvalue weighted by Gasteiger charge is 2.49. The topological polar surface area (TPSA) is 116 Å². The molecule has 4 rings (SSSR count). The molecule has 1 fully saturated rings. The van der Waals surface area contributed by atoms with Gasteiger partial charge in [-0.2, -0.15) is 0 Å². The molecule has 2 aromatic rings. The van der Waals surface area contributed by atoms with Crippen LogP contribution < -0.4 is 11.1 Å². The molecule has 1 amide bonds. The first kappa shape index (κ1) is 16.6. The molecule has 0 radical (unpaired) electrons. The Bertz CT molecular complexity index is 806. The van der Waals surface area contributed by atoms with Gasteiger partial charge in [0.25, 0.3) is 5.91 Å². The molecule has 25 heavy (non-hydrogen) atoms. The van der Waals surface area contributed by atoms with E-state index >= 15 is 0 Å². The first-order valence-corrected chi connectivity index (χ1v) is 9.71. The van der Waals surface area contributed by atoms with E-state index < -0.39 is 5.54 Å². The average molecular weight is 379 g/mol. The maximum Gasteiger partial charge on any atom is 0.279 e. The molecule has 0 bridgehead atoms. The summed E-state index contributed by atoms with van der Waals surface area (Å²) in [6, 6.07) is 1.50. The number of fused-ring (bicyclic) bond motifs is 1. The zero-order valence-electron chi connectivity index (χ0n) is 13.5. The fourth-order valence-corrected chi connectivity index (χ4v) is 5.09. The predicted molar refractivity (Wildman–Crippen MR) is 95.8 cm³/mol. The second kappa shape index (κ2) is 6.43. The highest BCUT2D eigenvalue weighted by atomic mass is 32.2. The zero-order valence-corrected chi connectivity index (χ0v) is 15.1. The molecular weight excluding hydrogens is 362 g/mol. The van der Waals surface area contributed by atoms with E-state index in [-0.39, 0.29) is 17.7 Å². The summed E-state index contributed by atoms with van der Waals surface area (Å²) in [5.74, 6) is 1.30. The summed E-state index contributed by atoms with van der Waals surface area (Å²) in [6.07, 6.45) is 2.45. The van der Waals surface area contributed by atoms with Gasteiger partial charge in [-0.05, 0) is 13.3 Å². The Morgan fingerprint density at radius 1 is 1.52 bits per heavy atom. The first-order chi connectivity index (χ1) is 12.1. The molecule has 0 spiro atoms. The van der Waals surface area contributed by atoms with Crippen LogP contribution in [0, 0.1) is 5.92 Å². The number of amidine groups is 1. The summed E-state index contributed by atoms with van der Waals surface area (Å²) in [5.41, 5.74) is 5.64. The van der Waals surface area contributed by atoms with Crippen molar-refractivity contribution in [2.24, 2.45) is 16.6 Å². The lowest BCUT2D eigenvalue weighted by Gasteiger charge is -2.44. The van der Waals surface area contributed by atoms with Gasteiger partial charge in [-0.3, -0.25) is 4.79 Å². The highest BCUT2D eigenvalue weighted by Crippen LogP contribution is 2.46. The fourth-order valence-electron chi connectivity index (χ4n) is 3.12. The molecule has 8 nitrogen and oxygen atoms in total. The van der Waals surface area contributed by atoms with Gasteiger partial charge in [-0.1, -0.05) is 16.9 Å². The average Bonchev–Trinajstić information content (AvgIpc) is 3.27. The minimum atomic E-state index is -0.566. The van der Waals surface area contributed by atoms with Crippen molar-refractivity contribution in [1.82, 2.24) is 10.1 Å². The number of rotatable bonds is 3. The minimum Gasteiger partial charge on any atom is -0.379 e. The van der Waals surface area contributed by atoms with Crippen molar-refractivity contribution in [3.63, 3.8) is 0 Å². The summed E-state index contributed by atoms with van der Waals surface area (Å²) in [4.78, 5) is 21.4. The van der Waals surface area contributed by atoms with Crippen LogP contribution in [0.3, 0.4) is 0 Å². The van der Waals surface area contributed by atoms with Crippen LogP contribution in [0.5, 0.6) is 0 Å². The highest BCUT2D eigenvalue weighted by molar-refractivity contribution is 8.13. The zero-order chi connectivity index (χ0) is 17.4. The van der Waals surface area contributed by atoms with Crippen LogP contribution in [-0.4, -0.2) is 39.7 Å². The number of aliphatic imine (C=N–C) groups is 1. The lowest BCUT2D eigenvalue weighted by Crippen LogP contribution is -2.49. The van der Waals surface area contributed by atoms with Crippen LogP contribution in [0.4, 0.5) is 5.82 Å². The molecule has 3 N–H and O–H groups in total. The van der Waals surface area contributed by atoms with Crippen LogP contribution in [0.1, 0.15) is 28.8 Å². The third kappa shape index (κ3) is 3.05. The van der Waals surface area contributed by atoms with Crippen LogP contribution in [-0.2, 0) is 10.3 Å². The summed E-state index contributed by atoms with van der Waals surface area (Å²) in [5, 5.41) is 9.51. The molecule has 0 aromatic carbocycles. The number of nitrogens with one attached hydrogen (secondary N) is 1. The maximum absolute atomic E-state index is 12.1. The molecule has 132 valence electrons. The Hall–Kier alpha value is -1.91. The summed E-state index contributed by atoms with van der Waals surface area (Å²) in [7, 11) is 0. The van der Waals surface area contributed by atoms with Gasteiger partial charge in [-0.15, -0.1) is 11.3 Å². The summed E-state index contributed by atoms with van der Waals surface area (Å²) < 4.78 is 10.6. The number of nitrogens with two attached hydrogens (primary N) is 1. The second-order valence-corrected chi connectivity index (χ2v) is 8.01. The van der Waals surface area contributed by atoms with Crippen molar-refractivity contribution < 1.29 is 14.1 Å². The maximum atomic E-state index is 12.1. The van der Waals surface area contributed by atoms with Crippen LogP contribution in [0.25, 0.3) is 0 Å². The standard InChI is InChI=1S/C15H17N5O3S2/c1-8-4-9-5-25-14(16)19-15(9,7-22-8)13-18-11(6-24-13)17-12(21)10-2-3-23-20-10/h2-3,6,8-9H,4-5,7H2,1H3,(H2,16,19)(H,17,21)/t8-,9-,15?/m0/s1. The van der Waals surface area contributed by atoms with Gasteiger partial charge in [0.2, 0.25) is 0 Å². The number of amides is 1. The van der Waals surface area contributed by atoms with Crippen LogP contribution >= 0.6 is 23.1 Å². The third-order valence-electron chi connectivity index (χ3n) is 4.41. The molecule has 2 aliphatic rings. The fraction of sp³-hybridized carbons (Fsp3) is 0.467. The van der Waals surface area contributed by atoms with E-state index in [2.05, 4.69) is 26.9 Å². The monoisotopic (exact) mass is 379 g/mol. The van der Waals surface area contributed by atoms with Crippen molar-refractivity contribution in [2.45, 2.75) is 25.0 Å². The predicted octanol–water partition coefficient (Wildman–Crippen LogP) is 2.07. The van der Waals surface area contributed by atoms with E-state index in [0.29, 0.717) is 23.5 Å². The van der Waals surface area contributed by atoms with Crippen LogP contribution in [0.2, 0.25) is 0 Å². The molecule has 2 aliphatic heterocycles. The number of ether oxygens (including phenoxy) is 1. The number of hydrogen-bond donors (Lipinski definition) is 2. The Morgan fingerprint density at radius 2 is 2.40 bits per heavy atom. The molecular formula is C15H17N5O3S2. The van der Waals surface area contributed by atoms with Gasteiger partial charge in [-0.25, -0.2) is 9.98 Å². The Balaban J connectivity index is 1.61. The van der Waals surface area contributed by atoms with Crippen molar-refractivity contribution in [3.8, 4) is 0 Å². The molecule has 10 heteroatoms. The van der Waals surface area contributed by atoms with Gasteiger partial charge in [0.05, 0.1) is 12.7 Å². The van der Waals surface area contributed by atoms with Crippen molar-refractivity contribution in [3.05, 3.63) is 28.4 Å². The summed E-state index contributed by atoms with van der Waals surface area (Å²) >= 11 is 3.03. The number of aromatic nitrogens is 2. The number of thioether (sulfide) groups is 1. The van der Waals surface area contributed by atoms with Gasteiger partial charge in [0, 0.05) is 23.1 Å². The first-order valence-electron chi connectivity index (χ1n) is 7.84. The lowest BCUT2D eigenvalue weighted by molar-refractivity contribution is -0.0466. The normalized spacial score (nSPS) is 28.9. The van der Waals surface area contributed by atoms with Gasteiger partial charge < -0.3 is 20.3 Å². The number of carbonyl (C=O) groups is 1. The van der Waals surface area contributed by atoms with Crippen molar-refractivity contribution in [1.29, 1.82) is 0 Å². The van der Waals surface area contributed by atoms with Gasteiger partial charge in [0.1, 0.15) is 22.6 Å². The molecule has 4 heterocycles. The van der Waals surface area contributed by atoms with Crippen molar-refractivity contribution >= 4 is 40.0 Å². The smallest absolute Gasteiger partial charge is 0.279 e. The quantitative estimate of drug-likeness (QED) is 0.838. The SMILES string of the molecule is C[C@H]1C[C@H]2CSC(N)=NC2(c2nc(NC(=O)c3ccon3)cs2)CO1. The van der Waals surface area contributed by atoms with Crippen molar-refractivity contribution in [2.75, 3.05) is 17.7 Å². The lowest BCUT2D eigenvalue weighted by atomic mass is 9.80. The second-order valence-electron chi connectivity index (χ2n) is 6.12. The number of thiazole rings is 1. The number of anilines is 1. The molecule has 1 saturated heterocycles. The van der Waals surface area contributed by atoms with E-state index in [1.54, 1.807) is 17.1 Å². The summed E-state index contributed by atoms with van der Waals surface area (Å²) in [6.45, 7) is 2.52. The van der Waals surface area contributed by atoms with Gasteiger partial charge >= 0.3 is 0 Å². The molecule has 0 saturated carbocycles. The van der Waals surface area contributed by atoms with E-state index in [0.717, 1.165) is 17.2 Å². The molecule has 2 aromatic heterocycles. The number of nitrogens with zero attached hydrogens (tertiary/aromatic N) is 3. The number of hydrogen-bond acceptors (Lipinski definition) is 9. The van der Waals surface area contributed by atoms with E-state index in [4.69, 9.17) is 15.5 Å². The van der Waals surface area contributed by atoms with E-state index in [1.807, 2.05) is 0 Å². The van der Waals surface area contributed by atoms with E-state index in [9.17, 15) is 4.79 Å². The Kier molecular flexibility index (Phi) is 4.26. The van der Waals surface area contributed by atoms with E-state index in [1.165, 1.54) is 23.7 Å². The number of carbonyl (C=O) groups excluding carboxylic acids is 1. The minimum absolute atomic E-state index is 0.194. The van der Waals surface area contributed by atoms with Crippen LogP contribution in [0.15, 0.2) is 27.2 Å². The Labute approximate surface area is 152 Å².